The van der Waals surface area contributed by atoms with Crippen molar-refractivity contribution in [1.29, 1.82) is 0 Å². The van der Waals surface area contributed by atoms with Crippen LogP contribution in [-0.2, 0) is 19.6 Å². The highest BCUT2D eigenvalue weighted by molar-refractivity contribution is 5.24. The van der Waals surface area contributed by atoms with Crippen LogP contribution in [0.3, 0.4) is 0 Å². The van der Waals surface area contributed by atoms with Gasteiger partial charge in [-0.05, 0) is 33.6 Å². The first-order valence-electron chi connectivity index (χ1n) is 7.39. The van der Waals surface area contributed by atoms with E-state index in [1.54, 1.807) is 0 Å². The van der Waals surface area contributed by atoms with Gasteiger partial charge < -0.3 is 9.88 Å². The minimum Gasteiger partial charge on any atom is -0.333 e. The lowest BCUT2D eigenvalue weighted by atomic mass is 10.2. The normalized spacial score (nSPS) is 14.9. The maximum absolute atomic E-state index is 4.68. The van der Waals surface area contributed by atoms with Crippen molar-refractivity contribution in [2.24, 2.45) is 0 Å². The molecule has 0 spiro atoms. The average molecular weight is 273 g/mol. The van der Waals surface area contributed by atoms with E-state index in [2.05, 4.69) is 38.5 Å². The number of imidazole rings is 1. The molecule has 0 unspecified atom stereocenters. The van der Waals surface area contributed by atoms with Gasteiger partial charge in [-0.1, -0.05) is 0 Å². The molecule has 20 heavy (non-hydrogen) atoms. The quantitative estimate of drug-likeness (QED) is 0.875. The van der Waals surface area contributed by atoms with Gasteiger partial charge in [0.25, 0.3) is 0 Å². The summed E-state index contributed by atoms with van der Waals surface area (Å²) in [6.45, 7) is 9.08. The molecule has 0 amide bonds. The number of aromatic nitrogens is 4. The number of hydrogen-bond donors (Lipinski definition) is 1. The molecule has 2 aromatic rings. The maximum Gasteiger partial charge on any atom is 0.105 e. The molecule has 0 atom stereocenters. The van der Waals surface area contributed by atoms with Crippen molar-refractivity contribution in [3.8, 4) is 0 Å². The average Bonchev–Trinajstić information content (AvgIpc) is 3.10. The molecule has 1 N–H and O–H groups in total. The van der Waals surface area contributed by atoms with Crippen LogP contribution in [0, 0.1) is 20.8 Å². The third-order valence-electron chi connectivity index (χ3n) is 4.15. The second kappa shape index (κ2) is 5.40. The molecule has 2 aromatic heterocycles. The lowest BCUT2D eigenvalue weighted by Crippen LogP contribution is -2.16. The fraction of sp³-hybridized carbons (Fsp3) is 0.600. The first-order valence-corrected chi connectivity index (χ1v) is 7.39. The standard InChI is InChI=1S/C15H23N5/c1-11-15(10-17-14-4-5-14)12(2)20(18-11)9-8-19-7-6-16-13(19)3/h6-7,14,17H,4-5,8-10H2,1-3H3. The van der Waals surface area contributed by atoms with Crippen molar-refractivity contribution in [3.63, 3.8) is 0 Å². The second-order valence-electron chi connectivity index (χ2n) is 5.70. The number of nitrogens with one attached hydrogen (secondary N) is 1. The Morgan fingerprint density at radius 2 is 2.05 bits per heavy atom. The van der Waals surface area contributed by atoms with Crippen LogP contribution in [0.2, 0.25) is 0 Å². The van der Waals surface area contributed by atoms with Crippen LogP contribution < -0.4 is 5.32 Å². The molecule has 1 fully saturated rings. The predicted octanol–water partition coefficient (Wildman–Crippen LogP) is 1.96. The smallest absolute Gasteiger partial charge is 0.105 e. The van der Waals surface area contributed by atoms with Crippen LogP contribution in [0.5, 0.6) is 0 Å². The molecule has 2 heterocycles. The zero-order valence-electron chi connectivity index (χ0n) is 12.6. The molecule has 1 saturated carbocycles. The van der Waals surface area contributed by atoms with Gasteiger partial charge in [-0.3, -0.25) is 4.68 Å². The molecule has 0 saturated heterocycles. The molecule has 0 aromatic carbocycles. The highest BCUT2D eigenvalue weighted by atomic mass is 15.3. The molecule has 5 nitrogen and oxygen atoms in total. The van der Waals surface area contributed by atoms with Gasteiger partial charge in [0.2, 0.25) is 0 Å². The summed E-state index contributed by atoms with van der Waals surface area (Å²) in [5, 5.41) is 8.26. The molecule has 0 aliphatic heterocycles. The molecule has 108 valence electrons. The highest BCUT2D eigenvalue weighted by Crippen LogP contribution is 2.21. The molecule has 5 heteroatoms. The van der Waals surface area contributed by atoms with Gasteiger partial charge in [0.05, 0.1) is 12.2 Å². The van der Waals surface area contributed by atoms with Gasteiger partial charge in [0.15, 0.2) is 0 Å². The second-order valence-corrected chi connectivity index (χ2v) is 5.70. The summed E-state index contributed by atoms with van der Waals surface area (Å²) in [4.78, 5) is 4.25. The monoisotopic (exact) mass is 273 g/mol. The maximum atomic E-state index is 4.68. The molecular formula is C15H23N5. The van der Waals surface area contributed by atoms with Gasteiger partial charge >= 0.3 is 0 Å². The third-order valence-corrected chi connectivity index (χ3v) is 4.15. The van der Waals surface area contributed by atoms with Gasteiger partial charge in [-0.15, -0.1) is 0 Å². The fourth-order valence-electron chi connectivity index (χ4n) is 2.58. The van der Waals surface area contributed by atoms with Gasteiger partial charge in [-0.25, -0.2) is 4.98 Å². The predicted molar refractivity (Wildman–Crippen MR) is 78.5 cm³/mol. The zero-order chi connectivity index (χ0) is 14.1. The van der Waals surface area contributed by atoms with Crippen LogP contribution >= 0.6 is 0 Å². The van der Waals surface area contributed by atoms with E-state index in [1.807, 2.05) is 19.3 Å². The van der Waals surface area contributed by atoms with Crippen molar-refractivity contribution in [2.75, 3.05) is 0 Å². The van der Waals surface area contributed by atoms with Crippen LogP contribution in [0.25, 0.3) is 0 Å². The van der Waals surface area contributed by atoms with Gasteiger partial charge in [0.1, 0.15) is 5.82 Å². The number of hydrogen-bond acceptors (Lipinski definition) is 3. The van der Waals surface area contributed by atoms with Gasteiger partial charge in [-0.2, -0.15) is 5.10 Å². The van der Waals surface area contributed by atoms with E-state index in [-0.39, 0.29) is 0 Å². The summed E-state index contributed by atoms with van der Waals surface area (Å²) in [5.41, 5.74) is 3.80. The summed E-state index contributed by atoms with van der Waals surface area (Å²) >= 11 is 0. The summed E-state index contributed by atoms with van der Waals surface area (Å²) in [6.07, 6.45) is 6.52. The number of rotatable bonds is 6. The van der Waals surface area contributed by atoms with E-state index in [1.165, 1.54) is 24.1 Å². The van der Waals surface area contributed by atoms with Crippen molar-refractivity contribution >= 4 is 0 Å². The Labute approximate surface area is 120 Å². The summed E-state index contributed by atoms with van der Waals surface area (Å²) in [7, 11) is 0. The Hall–Kier alpha value is -1.62. The largest absolute Gasteiger partial charge is 0.333 e. The minimum atomic E-state index is 0.741. The van der Waals surface area contributed by atoms with Gasteiger partial charge in [0, 0.05) is 42.8 Å². The van der Waals surface area contributed by atoms with Crippen LogP contribution in [0.1, 0.15) is 35.6 Å². The summed E-state index contributed by atoms with van der Waals surface area (Å²) in [6, 6.07) is 0.741. The van der Waals surface area contributed by atoms with E-state index < -0.39 is 0 Å². The first-order chi connectivity index (χ1) is 9.65. The molecule has 3 rings (SSSR count). The van der Waals surface area contributed by atoms with E-state index in [0.29, 0.717) is 0 Å². The molecule has 1 aliphatic rings. The topological polar surface area (TPSA) is 47.7 Å². The molecule has 1 aliphatic carbocycles. The Morgan fingerprint density at radius 1 is 1.25 bits per heavy atom. The highest BCUT2D eigenvalue weighted by Gasteiger charge is 2.21. The van der Waals surface area contributed by atoms with Crippen molar-refractivity contribution in [2.45, 2.75) is 59.3 Å². The van der Waals surface area contributed by atoms with Crippen LogP contribution in [0.15, 0.2) is 12.4 Å². The SMILES string of the molecule is Cc1nn(CCn2ccnc2C)c(C)c1CNC1CC1. The van der Waals surface area contributed by atoms with E-state index >= 15 is 0 Å². The fourth-order valence-corrected chi connectivity index (χ4v) is 2.58. The lowest BCUT2D eigenvalue weighted by molar-refractivity contribution is 0.513. The Kier molecular flexibility index (Phi) is 3.61. The molecule has 0 bridgehead atoms. The zero-order valence-corrected chi connectivity index (χ0v) is 12.6. The molecule has 0 radical (unpaired) electrons. The van der Waals surface area contributed by atoms with Crippen molar-refractivity contribution in [1.82, 2.24) is 24.6 Å². The Morgan fingerprint density at radius 3 is 2.70 bits per heavy atom. The van der Waals surface area contributed by atoms with E-state index in [4.69, 9.17) is 0 Å². The van der Waals surface area contributed by atoms with E-state index in [9.17, 15) is 0 Å². The number of aryl methyl sites for hydroxylation is 4. The van der Waals surface area contributed by atoms with Crippen LogP contribution in [-0.4, -0.2) is 25.4 Å². The summed E-state index contributed by atoms with van der Waals surface area (Å²) < 4.78 is 4.29. The van der Waals surface area contributed by atoms with E-state index in [0.717, 1.165) is 37.2 Å². The lowest BCUT2D eigenvalue weighted by Gasteiger charge is -2.08. The minimum absolute atomic E-state index is 0.741. The third kappa shape index (κ3) is 2.77. The molecular weight excluding hydrogens is 250 g/mol. The van der Waals surface area contributed by atoms with Crippen molar-refractivity contribution < 1.29 is 0 Å². The first kappa shape index (κ1) is 13.4. The Balaban J connectivity index is 1.66. The van der Waals surface area contributed by atoms with Crippen molar-refractivity contribution in [3.05, 3.63) is 35.2 Å². The van der Waals surface area contributed by atoms with Crippen LogP contribution in [0.4, 0.5) is 0 Å². The number of nitrogens with zero attached hydrogens (tertiary/aromatic N) is 4. The Bertz CT molecular complexity index is 591. The summed E-state index contributed by atoms with van der Waals surface area (Å²) in [5.74, 6) is 1.06.